The minimum Gasteiger partial charge on any atom is -0.497 e. The van der Waals surface area contributed by atoms with E-state index < -0.39 is 12.5 Å². The third-order valence-electron chi connectivity index (χ3n) is 14.3. The highest BCUT2D eigenvalue weighted by Crippen LogP contribution is 2.46. The Balaban J connectivity index is 1.13. The van der Waals surface area contributed by atoms with Crippen LogP contribution in [0.3, 0.4) is 0 Å². The van der Waals surface area contributed by atoms with Crippen LogP contribution in [0.15, 0.2) is 84.1 Å². The molecule has 330 valence electrons. The molecule has 0 bridgehead atoms. The molecule has 5 heterocycles. The number of methoxy groups -OCH3 is 1. The molecule has 0 radical (unpaired) electrons. The molecule has 2 aromatic heterocycles. The number of likely N-dealkylation sites (tertiary alicyclic amines) is 2. The molecule has 3 aromatic carbocycles. The first-order valence-corrected chi connectivity index (χ1v) is 23.2. The molecule has 5 aromatic rings. The average molecular weight is 840 g/mol. The van der Waals surface area contributed by atoms with Gasteiger partial charge in [0.25, 0.3) is 0 Å². The highest BCUT2D eigenvalue weighted by molar-refractivity contribution is 5.93. The zero-order valence-electron chi connectivity index (χ0n) is 38.4. The van der Waals surface area contributed by atoms with E-state index in [-0.39, 0.29) is 18.0 Å². The average Bonchev–Trinajstić information content (AvgIpc) is 4.11. The number of allylic oxidation sites excluding steroid dienone is 1. The molecule has 2 unspecified atom stereocenters. The van der Waals surface area contributed by atoms with Crippen molar-refractivity contribution in [3.8, 4) is 34.0 Å². The minimum atomic E-state index is -0.721. The summed E-state index contributed by atoms with van der Waals surface area (Å²) in [6.45, 7) is 21.1. The second-order valence-electron chi connectivity index (χ2n) is 19.0. The van der Waals surface area contributed by atoms with Gasteiger partial charge in [-0.15, -0.1) is 0 Å². The maximum absolute atomic E-state index is 11.3. The fourth-order valence-electron chi connectivity index (χ4n) is 9.81. The summed E-state index contributed by atoms with van der Waals surface area (Å²) in [7, 11) is 1.70. The molecule has 0 saturated carbocycles. The molecular weight excluding hydrogens is 771 g/mol. The van der Waals surface area contributed by atoms with Gasteiger partial charge in [-0.2, -0.15) is 0 Å². The number of aromatic amines is 1. The van der Waals surface area contributed by atoms with Gasteiger partial charge >= 0.3 is 0 Å². The van der Waals surface area contributed by atoms with Gasteiger partial charge in [-0.1, -0.05) is 79.2 Å². The van der Waals surface area contributed by atoms with Crippen molar-refractivity contribution >= 4 is 22.2 Å². The predicted molar refractivity (Wildman–Crippen MR) is 253 cm³/mol. The van der Waals surface area contributed by atoms with Crippen LogP contribution in [0.1, 0.15) is 117 Å². The fourth-order valence-corrected chi connectivity index (χ4v) is 9.81. The number of benzene rings is 3. The molecule has 7 atom stereocenters. The van der Waals surface area contributed by atoms with Crippen molar-refractivity contribution in [2.75, 3.05) is 26.7 Å². The molecule has 2 saturated heterocycles. The molecule has 0 spiro atoms. The van der Waals surface area contributed by atoms with E-state index in [0.717, 1.165) is 95.2 Å². The number of H-pyrrole nitrogens is 1. The van der Waals surface area contributed by atoms with E-state index in [9.17, 15) is 5.11 Å². The van der Waals surface area contributed by atoms with E-state index in [0.29, 0.717) is 23.8 Å². The number of aliphatic hydroxyl groups is 1. The van der Waals surface area contributed by atoms with Crippen molar-refractivity contribution in [2.45, 2.75) is 118 Å². The first-order valence-electron chi connectivity index (χ1n) is 23.2. The molecule has 3 aliphatic heterocycles. The molecule has 10 heteroatoms. The highest BCUT2D eigenvalue weighted by atomic mass is 16.5. The molecule has 62 heavy (non-hydrogen) atoms. The number of rotatable bonds is 15. The van der Waals surface area contributed by atoms with Crippen LogP contribution in [-0.4, -0.2) is 80.2 Å². The van der Waals surface area contributed by atoms with Gasteiger partial charge in [-0.3, -0.25) is 14.8 Å². The lowest BCUT2D eigenvalue weighted by molar-refractivity contribution is -0.0371. The van der Waals surface area contributed by atoms with E-state index >= 15 is 0 Å². The number of aromatic nitrogens is 3. The number of nitrogens with one attached hydrogen (secondary N) is 1. The van der Waals surface area contributed by atoms with Crippen LogP contribution < -0.4 is 15.2 Å². The molecule has 0 amide bonds. The van der Waals surface area contributed by atoms with Gasteiger partial charge in [-0.25, -0.2) is 4.98 Å². The second kappa shape index (κ2) is 18.5. The molecule has 8 rings (SSSR count). The summed E-state index contributed by atoms with van der Waals surface area (Å²) in [5.74, 6) is 4.28. The van der Waals surface area contributed by atoms with E-state index in [1.165, 1.54) is 29.7 Å². The Bertz CT molecular complexity index is 2410. The summed E-state index contributed by atoms with van der Waals surface area (Å²) in [6, 6.07) is 23.8. The molecule has 4 N–H and O–H groups in total. The lowest BCUT2D eigenvalue weighted by Crippen LogP contribution is -2.50. The van der Waals surface area contributed by atoms with Gasteiger partial charge in [-0.05, 0) is 116 Å². The maximum Gasteiger partial charge on any atom is 0.203 e. The highest BCUT2D eigenvalue weighted by Gasteiger charge is 2.37. The second-order valence-corrected chi connectivity index (χ2v) is 19.0. The summed E-state index contributed by atoms with van der Waals surface area (Å²) in [5, 5.41) is 12.5. The van der Waals surface area contributed by atoms with Crippen LogP contribution in [0.2, 0.25) is 0 Å². The van der Waals surface area contributed by atoms with Crippen molar-refractivity contribution in [2.24, 2.45) is 34.4 Å². The van der Waals surface area contributed by atoms with Gasteiger partial charge < -0.3 is 29.9 Å². The van der Waals surface area contributed by atoms with Gasteiger partial charge in [0.2, 0.25) is 6.23 Å². The fraction of sp³-hybridized carbons (Fsp3) is 0.500. The summed E-state index contributed by atoms with van der Waals surface area (Å²) < 4.78 is 15.1. The van der Waals surface area contributed by atoms with Gasteiger partial charge in [0.05, 0.1) is 36.3 Å². The number of ether oxygens (including phenoxy) is 2. The number of fused-ring (bicyclic) bond motifs is 5. The number of nitrogens with two attached hydrogens (primary N) is 1. The zero-order chi connectivity index (χ0) is 43.8. The van der Waals surface area contributed by atoms with Crippen molar-refractivity contribution in [1.82, 2.24) is 24.3 Å². The maximum atomic E-state index is 11.3. The molecule has 0 aliphatic carbocycles. The lowest BCUT2D eigenvalue weighted by Gasteiger charge is -2.34. The van der Waals surface area contributed by atoms with E-state index in [2.05, 4.69) is 136 Å². The topological polar surface area (TPSA) is 117 Å². The minimum absolute atomic E-state index is 0.0243. The Morgan fingerprint density at radius 3 is 2.56 bits per heavy atom. The van der Waals surface area contributed by atoms with E-state index in [1.807, 2.05) is 18.3 Å². The number of aliphatic imine (C=N–C) groups is 1. The van der Waals surface area contributed by atoms with Crippen LogP contribution in [0.4, 0.5) is 0 Å². The lowest BCUT2D eigenvalue weighted by atomic mass is 9.95. The normalized spacial score (nSPS) is 21.9. The number of nitrogens with zero attached hydrogens (tertiary/aromatic N) is 5. The first kappa shape index (κ1) is 43.9. The van der Waals surface area contributed by atoms with Crippen LogP contribution in [0.25, 0.3) is 39.0 Å². The standard InChI is InChI=1S/C52H69N7O3/c1-10-33(6)49(53)51(60)58-23-13-17-46(58)50-55-29-43(56-50)37-18-20-41-47-26-39-24-36(42(32(4)5)28-54-35(8)44-16-12-22-57(44)30-34(7)31(2)3)19-21-45(39)59(47)52(62-48(41)27-37)38-14-11-15-40(25-38)61-9/h11,14-15,18-21,24-29,31-34,44,46,49,51-52,60H,10,12-13,16-17,22-23,30,53H2,1-9H3,(H,55,56)/b42-28+,54-35+/t33-,34-,44+,46+,49+,51?,52?/m1/s1. The third kappa shape index (κ3) is 8.64. The quantitative estimate of drug-likeness (QED) is 0.0899. The van der Waals surface area contributed by atoms with Crippen molar-refractivity contribution in [1.29, 1.82) is 0 Å². The predicted octanol–water partition coefficient (Wildman–Crippen LogP) is 10.7. The molecule has 10 nitrogen and oxygen atoms in total. The summed E-state index contributed by atoms with van der Waals surface area (Å²) >= 11 is 0. The Morgan fingerprint density at radius 2 is 1.81 bits per heavy atom. The Kier molecular flexibility index (Phi) is 13.1. The van der Waals surface area contributed by atoms with E-state index in [1.54, 1.807) is 7.11 Å². The summed E-state index contributed by atoms with van der Waals surface area (Å²) in [5.41, 5.74) is 16.3. The molecule has 3 aliphatic rings. The Morgan fingerprint density at radius 1 is 1.00 bits per heavy atom. The van der Waals surface area contributed by atoms with Gasteiger partial charge in [0.15, 0.2) is 0 Å². The van der Waals surface area contributed by atoms with Crippen LogP contribution in [0, 0.1) is 23.7 Å². The van der Waals surface area contributed by atoms with Gasteiger partial charge in [0, 0.05) is 59.2 Å². The Labute approximate surface area is 369 Å². The van der Waals surface area contributed by atoms with Crippen molar-refractivity contribution in [3.63, 3.8) is 0 Å². The van der Waals surface area contributed by atoms with Crippen molar-refractivity contribution in [3.05, 3.63) is 96.1 Å². The monoisotopic (exact) mass is 840 g/mol. The third-order valence-corrected chi connectivity index (χ3v) is 14.3. The largest absolute Gasteiger partial charge is 0.497 e. The number of imidazole rings is 1. The first-order chi connectivity index (χ1) is 29.9. The van der Waals surface area contributed by atoms with Crippen LogP contribution in [0.5, 0.6) is 11.5 Å². The number of aliphatic hydroxyl groups excluding tert-OH is 1. The summed E-state index contributed by atoms with van der Waals surface area (Å²) in [6.07, 6.45) is 8.12. The number of hydrogen-bond donors (Lipinski definition) is 3. The Hall–Kier alpha value is -4.74. The van der Waals surface area contributed by atoms with Gasteiger partial charge in [0.1, 0.15) is 23.6 Å². The zero-order valence-corrected chi connectivity index (χ0v) is 38.4. The SMILES string of the molecule is CC[C@@H](C)[C@H](N)C(O)N1CCC[C@H]1c1ncc(-c2ccc3c(c2)OC(c2cccc(OC)c2)n2c-3cc3cc(/C(=C/N=C(\C)[C@@H]4CCCN4C[C@@H](C)C(C)C)C(C)C)ccc32)[nH]1. The number of hydrogen-bond acceptors (Lipinski definition) is 8. The van der Waals surface area contributed by atoms with Crippen LogP contribution >= 0.6 is 0 Å². The van der Waals surface area contributed by atoms with Crippen molar-refractivity contribution < 1.29 is 14.6 Å². The van der Waals surface area contributed by atoms with E-state index in [4.69, 9.17) is 25.2 Å². The summed E-state index contributed by atoms with van der Waals surface area (Å²) in [4.78, 5) is 18.4. The molecule has 2 fully saturated rings. The molecular formula is C52H69N7O3. The van der Waals surface area contributed by atoms with Crippen LogP contribution in [-0.2, 0) is 0 Å². The smallest absolute Gasteiger partial charge is 0.203 e.